The van der Waals surface area contributed by atoms with Crippen LogP contribution in [-0.2, 0) is 4.84 Å². The van der Waals surface area contributed by atoms with Gasteiger partial charge in [-0.2, -0.15) is 5.06 Å². The molecule has 1 heterocycles. The molecule has 0 spiro atoms. The standard InChI is InChI=1S/C12H16N2O4/c1-8-11(14(15)16)12(13(2)18-8)9-4-6-10(17-3)7-5-9/h4-8,11-12H,1-3H3/t8-,11-,12+/m0/s1. The number of nitro groups is 1. The van der Waals surface area contributed by atoms with Gasteiger partial charge in [-0.15, -0.1) is 0 Å². The third-order valence-electron chi connectivity index (χ3n) is 3.23. The maximum atomic E-state index is 11.1. The second-order valence-electron chi connectivity index (χ2n) is 4.35. The summed E-state index contributed by atoms with van der Waals surface area (Å²) in [7, 11) is 3.30. The van der Waals surface area contributed by atoms with E-state index in [-0.39, 0.29) is 11.0 Å². The minimum absolute atomic E-state index is 0.275. The lowest BCUT2D eigenvalue weighted by molar-refractivity contribution is -0.529. The van der Waals surface area contributed by atoms with Crippen molar-refractivity contribution >= 4 is 0 Å². The minimum atomic E-state index is -0.761. The number of methoxy groups -OCH3 is 1. The number of likely N-dealkylation sites (N-methyl/N-ethyl adjacent to an activating group) is 1. The molecule has 1 saturated heterocycles. The van der Waals surface area contributed by atoms with Crippen molar-refractivity contribution in [3.63, 3.8) is 0 Å². The Kier molecular flexibility index (Phi) is 3.49. The molecule has 0 aliphatic carbocycles. The maximum absolute atomic E-state index is 11.1. The van der Waals surface area contributed by atoms with Crippen molar-refractivity contribution in [2.24, 2.45) is 0 Å². The lowest BCUT2D eigenvalue weighted by atomic mass is 9.97. The number of hydrogen-bond donors (Lipinski definition) is 0. The smallest absolute Gasteiger partial charge is 0.262 e. The molecule has 0 radical (unpaired) electrons. The number of nitrogens with zero attached hydrogens (tertiary/aromatic N) is 2. The Balaban J connectivity index is 2.31. The third kappa shape index (κ3) is 2.16. The Morgan fingerprint density at radius 1 is 1.39 bits per heavy atom. The van der Waals surface area contributed by atoms with E-state index in [2.05, 4.69) is 0 Å². The molecule has 18 heavy (non-hydrogen) atoms. The molecule has 0 unspecified atom stereocenters. The van der Waals surface area contributed by atoms with E-state index >= 15 is 0 Å². The Morgan fingerprint density at radius 3 is 2.50 bits per heavy atom. The van der Waals surface area contributed by atoms with Crippen LogP contribution in [0.2, 0.25) is 0 Å². The number of hydrogen-bond acceptors (Lipinski definition) is 5. The van der Waals surface area contributed by atoms with E-state index in [9.17, 15) is 10.1 Å². The predicted molar refractivity (Wildman–Crippen MR) is 64.8 cm³/mol. The first-order chi connectivity index (χ1) is 8.54. The molecule has 2 rings (SSSR count). The van der Waals surface area contributed by atoms with Gasteiger partial charge in [-0.3, -0.25) is 15.0 Å². The normalized spacial score (nSPS) is 28.3. The van der Waals surface area contributed by atoms with Crippen molar-refractivity contribution in [2.45, 2.75) is 25.1 Å². The summed E-state index contributed by atoms with van der Waals surface area (Å²) in [6.07, 6.45) is -0.433. The quantitative estimate of drug-likeness (QED) is 0.604. The fraction of sp³-hybridized carbons (Fsp3) is 0.500. The largest absolute Gasteiger partial charge is 0.497 e. The Hall–Kier alpha value is -1.66. The molecule has 98 valence electrons. The van der Waals surface area contributed by atoms with Gasteiger partial charge in [0, 0.05) is 12.0 Å². The highest BCUT2D eigenvalue weighted by molar-refractivity contribution is 5.30. The lowest BCUT2D eigenvalue weighted by Gasteiger charge is -2.18. The van der Waals surface area contributed by atoms with Crippen LogP contribution < -0.4 is 4.74 Å². The molecule has 0 bridgehead atoms. The summed E-state index contributed by atoms with van der Waals surface area (Å²) in [5.74, 6) is 0.728. The van der Waals surface area contributed by atoms with E-state index in [1.165, 1.54) is 0 Å². The summed E-state index contributed by atoms with van der Waals surface area (Å²) in [4.78, 5) is 16.3. The average Bonchev–Trinajstić information content (AvgIpc) is 2.64. The van der Waals surface area contributed by atoms with Gasteiger partial charge in [0.05, 0.1) is 7.11 Å². The van der Waals surface area contributed by atoms with Gasteiger partial charge < -0.3 is 4.74 Å². The van der Waals surface area contributed by atoms with Gasteiger partial charge in [-0.05, 0) is 24.6 Å². The molecule has 0 aromatic heterocycles. The first-order valence-electron chi connectivity index (χ1n) is 5.71. The maximum Gasteiger partial charge on any atom is 0.262 e. The van der Waals surface area contributed by atoms with Gasteiger partial charge in [0.25, 0.3) is 6.04 Å². The van der Waals surface area contributed by atoms with Crippen LogP contribution in [0.1, 0.15) is 18.5 Å². The van der Waals surface area contributed by atoms with Gasteiger partial charge >= 0.3 is 0 Å². The Labute approximate surface area is 105 Å². The first kappa shape index (κ1) is 12.8. The van der Waals surface area contributed by atoms with Gasteiger partial charge in [0.1, 0.15) is 17.9 Å². The van der Waals surface area contributed by atoms with E-state index in [1.807, 2.05) is 12.1 Å². The molecule has 6 heteroatoms. The molecular formula is C12H16N2O4. The molecule has 1 aliphatic rings. The van der Waals surface area contributed by atoms with Crippen LogP contribution >= 0.6 is 0 Å². The molecule has 6 nitrogen and oxygen atoms in total. The topological polar surface area (TPSA) is 64.8 Å². The molecule has 0 amide bonds. The van der Waals surface area contributed by atoms with Crippen molar-refractivity contribution in [3.05, 3.63) is 39.9 Å². The fourth-order valence-electron chi connectivity index (χ4n) is 2.36. The molecule has 0 N–H and O–H groups in total. The summed E-state index contributed by atoms with van der Waals surface area (Å²) in [6.45, 7) is 1.72. The van der Waals surface area contributed by atoms with Crippen LogP contribution in [0.4, 0.5) is 0 Å². The molecular weight excluding hydrogens is 236 g/mol. The van der Waals surface area contributed by atoms with E-state index in [4.69, 9.17) is 9.57 Å². The highest BCUT2D eigenvalue weighted by Crippen LogP contribution is 2.35. The predicted octanol–water partition coefficient (Wildman–Crippen LogP) is 1.65. The number of hydroxylamine groups is 2. The lowest BCUT2D eigenvalue weighted by Crippen LogP contribution is -2.33. The van der Waals surface area contributed by atoms with Crippen LogP contribution in [0.5, 0.6) is 5.75 Å². The molecule has 3 atom stereocenters. The SMILES string of the molecule is COc1ccc([C@@H]2[C@@H]([N+](=O)[O-])[C@H](C)ON2C)cc1. The van der Waals surface area contributed by atoms with Crippen molar-refractivity contribution in [3.8, 4) is 5.75 Å². The van der Waals surface area contributed by atoms with Crippen LogP contribution in [0.15, 0.2) is 24.3 Å². The summed E-state index contributed by atoms with van der Waals surface area (Å²) in [5, 5.41) is 12.7. The van der Waals surface area contributed by atoms with E-state index in [0.29, 0.717) is 0 Å². The number of rotatable bonds is 3. The Bertz CT molecular complexity index is 434. The van der Waals surface area contributed by atoms with Gasteiger partial charge in [0.2, 0.25) is 0 Å². The minimum Gasteiger partial charge on any atom is -0.497 e. The molecule has 1 aliphatic heterocycles. The summed E-state index contributed by atoms with van der Waals surface area (Å²) >= 11 is 0. The zero-order chi connectivity index (χ0) is 13.3. The fourth-order valence-corrected chi connectivity index (χ4v) is 2.36. The highest BCUT2D eigenvalue weighted by atomic mass is 16.7. The summed E-state index contributed by atoms with van der Waals surface area (Å²) in [6, 6.07) is 6.12. The van der Waals surface area contributed by atoms with Crippen LogP contribution in [0.3, 0.4) is 0 Å². The van der Waals surface area contributed by atoms with E-state index in [0.717, 1.165) is 11.3 Å². The second kappa shape index (κ2) is 4.91. The number of ether oxygens (including phenoxy) is 1. The van der Waals surface area contributed by atoms with Crippen LogP contribution in [0.25, 0.3) is 0 Å². The molecule has 1 fully saturated rings. The molecule has 1 aromatic carbocycles. The number of benzene rings is 1. The van der Waals surface area contributed by atoms with Crippen molar-refractivity contribution in [1.82, 2.24) is 5.06 Å². The zero-order valence-electron chi connectivity index (χ0n) is 10.6. The summed E-state index contributed by atoms with van der Waals surface area (Å²) in [5.41, 5.74) is 0.851. The summed E-state index contributed by atoms with van der Waals surface area (Å²) < 4.78 is 5.08. The van der Waals surface area contributed by atoms with E-state index in [1.54, 1.807) is 38.3 Å². The Morgan fingerprint density at radius 2 is 2.00 bits per heavy atom. The van der Waals surface area contributed by atoms with Gasteiger partial charge in [0.15, 0.2) is 0 Å². The third-order valence-corrected chi connectivity index (χ3v) is 3.23. The van der Waals surface area contributed by atoms with Crippen molar-refractivity contribution in [2.75, 3.05) is 14.2 Å². The highest BCUT2D eigenvalue weighted by Gasteiger charge is 2.48. The zero-order valence-corrected chi connectivity index (χ0v) is 10.6. The molecule has 1 aromatic rings. The molecule has 0 saturated carbocycles. The van der Waals surface area contributed by atoms with Crippen LogP contribution in [0, 0.1) is 10.1 Å². The average molecular weight is 252 g/mol. The second-order valence-corrected chi connectivity index (χ2v) is 4.35. The van der Waals surface area contributed by atoms with Gasteiger partial charge in [-0.25, -0.2) is 0 Å². The van der Waals surface area contributed by atoms with Crippen LogP contribution in [-0.4, -0.2) is 36.3 Å². The first-order valence-corrected chi connectivity index (χ1v) is 5.71. The van der Waals surface area contributed by atoms with Crippen molar-refractivity contribution in [1.29, 1.82) is 0 Å². The van der Waals surface area contributed by atoms with E-state index < -0.39 is 12.1 Å². The van der Waals surface area contributed by atoms with Gasteiger partial charge in [-0.1, -0.05) is 12.1 Å². The van der Waals surface area contributed by atoms with Crippen molar-refractivity contribution < 1.29 is 14.5 Å². The monoisotopic (exact) mass is 252 g/mol.